The van der Waals surface area contributed by atoms with Crippen molar-refractivity contribution in [2.45, 2.75) is 33.6 Å². The smallest absolute Gasteiger partial charge is 0.320 e. The fourth-order valence-electron chi connectivity index (χ4n) is 3.27. The molecule has 0 aromatic heterocycles. The Kier molecular flexibility index (Phi) is 9.24. The second-order valence-electron chi connectivity index (χ2n) is 7.07. The van der Waals surface area contributed by atoms with Crippen LogP contribution < -0.4 is 0 Å². The minimum Gasteiger partial charge on any atom is -0.465 e. The van der Waals surface area contributed by atoms with Crippen molar-refractivity contribution in [2.75, 3.05) is 13.2 Å². The zero-order chi connectivity index (χ0) is 22.1. The van der Waals surface area contributed by atoms with Crippen LogP contribution in [-0.4, -0.2) is 30.9 Å². The van der Waals surface area contributed by atoms with E-state index in [4.69, 9.17) is 9.47 Å². The second kappa shape index (κ2) is 11.6. The highest BCUT2D eigenvalue weighted by Crippen LogP contribution is 2.27. The van der Waals surface area contributed by atoms with E-state index in [2.05, 4.69) is 15.9 Å². The third-order valence-electron chi connectivity index (χ3n) is 4.78. The standard InChI is InChI=1S/C24H27BrO5/c1-4-29-23(27)22(24(28)30-5-2)19(14-17-8-6-16(3)7-9-17)15-21(26)18-10-12-20(25)13-11-18/h6-13,19,22H,4-5,14-15H2,1-3H3/t19-/m1/s1. The number of halogens is 1. The fraction of sp³-hybridized carbons (Fsp3) is 0.375. The molecule has 0 N–H and O–H groups in total. The lowest BCUT2D eigenvalue weighted by atomic mass is 9.82. The van der Waals surface area contributed by atoms with Crippen LogP contribution in [0.3, 0.4) is 0 Å². The Morgan fingerprint density at radius 1 is 0.867 bits per heavy atom. The zero-order valence-electron chi connectivity index (χ0n) is 17.5. The van der Waals surface area contributed by atoms with Gasteiger partial charge in [0.05, 0.1) is 13.2 Å². The molecule has 6 heteroatoms. The van der Waals surface area contributed by atoms with E-state index in [-0.39, 0.29) is 25.4 Å². The third kappa shape index (κ3) is 6.80. The van der Waals surface area contributed by atoms with Crippen LogP contribution in [0.25, 0.3) is 0 Å². The summed E-state index contributed by atoms with van der Waals surface area (Å²) < 4.78 is 11.2. The van der Waals surface area contributed by atoms with Gasteiger partial charge in [0.1, 0.15) is 0 Å². The number of hydrogen-bond acceptors (Lipinski definition) is 5. The molecule has 0 unspecified atom stereocenters. The molecule has 0 radical (unpaired) electrons. The van der Waals surface area contributed by atoms with Crippen molar-refractivity contribution in [1.29, 1.82) is 0 Å². The van der Waals surface area contributed by atoms with Gasteiger partial charge in [0, 0.05) is 16.5 Å². The maximum atomic E-state index is 13.0. The summed E-state index contributed by atoms with van der Waals surface area (Å²) in [6.07, 6.45) is 0.405. The van der Waals surface area contributed by atoms with Crippen LogP contribution in [0.2, 0.25) is 0 Å². The molecule has 2 aromatic rings. The number of aryl methyl sites for hydroxylation is 1. The van der Waals surface area contributed by atoms with Crippen LogP contribution in [0.5, 0.6) is 0 Å². The SMILES string of the molecule is CCOC(=O)C(C(=O)OCC)[C@@H](CC(=O)c1ccc(Br)cc1)Cc1ccc(C)cc1. The maximum absolute atomic E-state index is 13.0. The number of hydrogen-bond donors (Lipinski definition) is 0. The lowest BCUT2D eigenvalue weighted by molar-refractivity contribution is -0.164. The van der Waals surface area contributed by atoms with E-state index in [1.807, 2.05) is 31.2 Å². The van der Waals surface area contributed by atoms with Crippen molar-refractivity contribution >= 4 is 33.7 Å². The molecule has 5 nitrogen and oxygen atoms in total. The summed E-state index contributed by atoms with van der Waals surface area (Å²) in [5, 5.41) is 0. The monoisotopic (exact) mass is 474 g/mol. The minimum atomic E-state index is -1.16. The van der Waals surface area contributed by atoms with E-state index in [0.29, 0.717) is 12.0 Å². The number of carbonyl (C=O) groups excluding carboxylic acids is 3. The first-order valence-electron chi connectivity index (χ1n) is 10.0. The highest BCUT2D eigenvalue weighted by atomic mass is 79.9. The molecule has 0 aliphatic rings. The Morgan fingerprint density at radius 2 is 1.40 bits per heavy atom. The first-order valence-corrected chi connectivity index (χ1v) is 10.8. The van der Waals surface area contributed by atoms with Crippen LogP contribution in [0, 0.1) is 18.8 Å². The molecule has 2 rings (SSSR count). The van der Waals surface area contributed by atoms with Gasteiger partial charge in [-0.25, -0.2) is 0 Å². The average molecular weight is 475 g/mol. The van der Waals surface area contributed by atoms with E-state index in [0.717, 1.165) is 15.6 Å². The Hall–Kier alpha value is -2.47. The summed E-state index contributed by atoms with van der Waals surface area (Å²) in [5.74, 6) is -3.20. The first kappa shape index (κ1) is 23.8. The number of rotatable bonds is 10. The lowest BCUT2D eigenvalue weighted by Crippen LogP contribution is -2.36. The van der Waals surface area contributed by atoms with Crippen molar-refractivity contribution in [3.8, 4) is 0 Å². The molecule has 160 valence electrons. The number of ketones is 1. The van der Waals surface area contributed by atoms with Crippen LogP contribution in [-0.2, 0) is 25.5 Å². The molecular weight excluding hydrogens is 448 g/mol. The highest BCUT2D eigenvalue weighted by Gasteiger charge is 2.38. The van der Waals surface area contributed by atoms with E-state index in [9.17, 15) is 14.4 Å². The molecule has 0 spiro atoms. The molecule has 30 heavy (non-hydrogen) atoms. The minimum absolute atomic E-state index is 0.0256. The molecule has 2 aromatic carbocycles. The number of carbonyl (C=O) groups is 3. The number of ether oxygens (including phenoxy) is 2. The first-order chi connectivity index (χ1) is 14.3. The molecular formula is C24H27BrO5. The molecule has 0 fully saturated rings. The van der Waals surface area contributed by atoms with Crippen molar-refractivity contribution in [3.63, 3.8) is 0 Å². The van der Waals surface area contributed by atoms with Crippen molar-refractivity contribution < 1.29 is 23.9 Å². The zero-order valence-corrected chi connectivity index (χ0v) is 19.1. The van der Waals surface area contributed by atoms with Gasteiger partial charge in [-0.2, -0.15) is 0 Å². The van der Waals surface area contributed by atoms with Gasteiger partial charge in [0.25, 0.3) is 0 Å². The molecule has 0 amide bonds. The van der Waals surface area contributed by atoms with Crippen LogP contribution in [0.4, 0.5) is 0 Å². The van der Waals surface area contributed by atoms with Gasteiger partial charge in [0.15, 0.2) is 11.7 Å². The molecule has 0 bridgehead atoms. The Labute approximate surface area is 185 Å². The highest BCUT2D eigenvalue weighted by molar-refractivity contribution is 9.10. The number of esters is 2. The van der Waals surface area contributed by atoms with Crippen molar-refractivity contribution in [1.82, 2.24) is 0 Å². The Morgan fingerprint density at radius 3 is 1.90 bits per heavy atom. The van der Waals surface area contributed by atoms with Gasteiger partial charge < -0.3 is 9.47 Å². The third-order valence-corrected chi connectivity index (χ3v) is 5.31. The quantitative estimate of drug-likeness (QED) is 0.277. The predicted octanol–water partition coefficient (Wildman–Crippen LogP) is 4.93. The molecule has 0 saturated heterocycles. The fourth-order valence-corrected chi connectivity index (χ4v) is 3.54. The summed E-state index contributed by atoms with van der Waals surface area (Å²) in [6, 6.07) is 14.8. The summed E-state index contributed by atoms with van der Waals surface area (Å²) in [6.45, 7) is 5.64. The molecule has 0 heterocycles. The van der Waals surface area contributed by atoms with E-state index in [1.165, 1.54) is 0 Å². The van der Waals surface area contributed by atoms with Crippen LogP contribution in [0.1, 0.15) is 41.8 Å². The molecule has 0 aliphatic carbocycles. The van der Waals surface area contributed by atoms with E-state index in [1.54, 1.807) is 38.1 Å². The number of Topliss-reactive ketones (excluding diaryl/α,β-unsaturated/α-hetero) is 1. The van der Waals surface area contributed by atoms with Gasteiger partial charge in [0.2, 0.25) is 0 Å². The average Bonchev–Trinajstić information content (AvgIpc) is 2.70. The molecule has 1 atom stereocenters. The van der Waals surface area contributed by atoms with Gasteiger partial charge in [-0.05, 0) is 50.8 Å². The predicted molar refractivity (Wildman–Crippen MR) is 118 cm³/mol. The maximum Gasteiger partial charge on any atom is 0.320 e. The Bertz CT molecular complexity index is 840. The van der Waals surface area contributed by atoms with Crippen molar-refractivity contribution in [3.05, 3.63) is 69.7 Å². The topological polar surface area (TPSA) is 69.7 Å². The second-order valence-corrected chi connectivity index (χ2v) is 7.98. The summed E-state index contributed by atoms with van der Waals surface area (Å²) >= 11 is 3.36. The summed E-state index contributed by atoms with van der Waals surface area (Å²) in [4.78, 5) is 38.3. The van der Waals surface area contributed by atoms with Crippen LogP contribution >= 0.6 is 15.9 Å². The van der Waals surface area contributed by atoms with Gasteiger partial charge in [-0.3, -0.25) is 14.4 Å². The van der Waals surface area contributed by atoms with Gasteiger partial charge in [-0.1, -0.05) is 57.9 Å². The summed E-state index contributed by atoms with van der Waals surface area (Å²) in [5.41, 5.74) is 2.57. The van der Waals surface area contributed by atoms with Crippen LogP contribution in [0.15, 0.2) is 53.0 Å². The summed E-state index contributed by atoms with van der Waals surface area (Å²) in [7, 11) is 0. The number of benzene rings is 2. The largest absolute Gasteiger partial charge is 0.465 e. The van der Waals surface area contributed by atoms with Gasteiger partial charge in [-0.15, -0.1) is 0 Å². The Balaban J connectivity index is 2.36. The molecule has 0 saturated carbocycles. The van der Waals surface area contributed by atoms with E-state index < -0.39 is 23.8 Å². The van der Waals surface area contributed by atoms with Gasteiger partial charge >= 0.3 is 11.9 Å². The van der Waals surface area contributed by atoms with Crippen molar-refractivity contribution in [2.24, 2.45) is 11.8 Å². The lowest BCUT2D eigenvalue weighted by Gasteiger charge is -2.24. The normalized spacial score (nSPS) is 11.8. The van der Waals surface area contributed by atoms with E-state index >= 15 is 0 Å². The molecule has 0 aliphatic heterocycles.